The van der Waals surface area contributed by atoms with E-state index >= 15 is 0 Å². The SMILES string of the molecule is COc1ccc(-c2noc(CN3CCN(C(=O)Cc4ccc(C)cc4)CC3)n2)cc1OC. The van der Waals surface area contributed by atoms with Crippen molar-refractivity contribution in [1.82, 2.24) is 19.9 Å². The van der Waals surface area contributed by atoms with Crippen molar-refractivity contribution >= 4 is 5.91 Å². The molecule has 1 aliphatic rings. The molecule has 2 heterocycles. The van der Waals surface area contributed by atoms with Crippen LogP contribution in [0.1, 0.15) is 17.0 Å². The number of piperazine rings is 1. The first-order valence-corrected chi connectivity index (χ1v) is 10.7. The minimum absolute atomic E-state index is 0.169. The molecule has 0 aliphatic carbocycles. The van der Waals surface area contributed by atoms with E-state index in [1.54, 1.807) is 14.2 Å². The topological polar surface area (TPSA) is 80.9 Å². The minimum atomic E-state index is 0.169. The van der Waals surface area contributed by atoms with Gasteiger partial charge in [0.1, 0.15) is 0 Å². The van der Waals surface area contributed by atoms with Crippen molar-refractivity contribution in [2.24, 2.45) is 0 Å². The number of aryl methyl sites for hydroxylation is 1. The van der Waals surface area contributed by atoms with Gasteiger partial charge in [0.2, 0.25) is 17.6 Å². The molecule has 0 N–H and O–H groups in total. The van der Waals surface area contributed by atoms with Crippen molar-refractivity contribution in [3.05, 3.63) is 59.5 Å². The zero-order chi connectivity index (χ0) is 22.5. The monoisotopic (exact) mass is 436 g/mol. The fourth-order valence-electron chi connectivity index (χ4n) is 3.75. The van der Waals surface area contributed by atoms with Gasteiger partial charge in [-0.3, -0.25) is 9.69 Å². The molecule has 1 fully saturated rings. The van der Waals surface area contributed by atoms with Gasteiger partial charge in [-0.15, -0.1) is 0 Å². The lowest BCUT2D eigenvalue weighted by molar-refractivity contribution is -0.132. The van der Waals surface area contributed by atoms with Gasteiger partial charge >= 0.3 is 0 Å². The Morgan fingerprint density at radius 2 is 1.72 bits per heavy atom. The highest BCUT2D eigenvalue weighted by Crippen LogP contribution is 2.31. The average Bonchev–Trinajstić information content (AvgIpc) is 3.29. The van der Waals surface area contributed by atoms with E-state index in [0.29, 0.717) is 49.3 Å². The number of hydrogen-bond donors (Lipinski definition) is 0. The summed E-state index contributed by atoms with van der Waals surface area (Å²) in [6, 6.07) is 13.6. The summed E-state index contributed by atoms with van der Waals surface area (Å²) < 4.78 is 16.1. The molecule has 8 nitrogen and oxygen atoms in total. The molecule has 1 saturated heterocycles. The zero-order valence-corrected chi connectivity index (χ0v) is 18.7. The van der Waals surface area contributed by atoms with Gasteiger partial charge in [0, 0.05) is 31.7 Å². The van der Waals surface area contributed by atoms with Crippen LogP contribution in [0.5, 0.6) is 11.5 Å². The van der Waals surface area contributed by atoms with Crippen LogP contribution in [0.25, 0.3) is 11.4 Å². The van der Waals surface area contributed by atoms with Crippen molar-refractivity contribution in [2.75, 3.05) is 40.4 Å². The number of carbonyl (C=O) groups is 1. The molecule has 0 unspecified atom stereocenters. The number of methoxy groups -OCH3 is 2. The van der Waals surface area contributed by atoms with E-state index in [2.05, 4.69) is 15.0 Å². The van der Waals surface area contributed by atoms with Gasteiger partial charge in [0.05, 0.1) is 27.2 Å². The molecule has 168 valence electrons. The van der Waals surface area contributed by atoms with Crippen LogP contribution in [-0.4, -0.2) is 66.2 Å². The first-order chi connectivity index (χ1) is 15.6. The molecule has 1 amide bonds. The fraction of sp³-hybridized carbons (Fsp3) is 0.375. The molecular formula is C24H28N4O4. The van der Waals surface area contributed by atoms with Crippen LogP contribution in [0.15, 0.2) is 47.0 Å². The van der Waals surface area contributed by atoms with E-state index in [1.807, 2.05) is 54.3 Å². The Bertz CT molecular complexity index is 1060. The zero-order valence-electron chi connectivity index (χ0n) is 18.7. The van der Waals surface area contributed by atoms with Gasteiger partial charge < -0.3 is 18.9 Å². The van der Waals surface area contributed by atoms with Gasteiger partial charge in [0.15, 0.2) is 11.5 Å². The normalized spacial score (nSPS) is 14.4. The molecule has 1 aliphatic heterocycles. The molecule has 0 radical (unpaired) electrons. The molecule has 8 heteroatoms. The molecule has 3 aromatic rings. The van der Waals surface area contributed by atoms with E-state index in [-0.39, 0.29) is 5.91 Å². The Morgan fingerprint density at radius 1 is 1.00 bits per heavy atom. The number of hydrogen-bond acceptors (Lipinski definition) is 7. The van der Waals surface area contributed by atoms with Crippen LogP contribution in [-0.2, 0) is 17.8 Å². The molecular weight excluding hydrogens is 408 g/mol. The third-order valence-corrected chi connectivity index (χ3v) is 5.67. The van der Waals surface area contributed by atoms with Crippen LogP contribution in [0.2, 0.25) is 0 Å². The third-order valence-electron chi connectivity index (χ3n) is 5.67. The maximum absolute atomic E-state index is 12.6. The van der Waals surface area contributed by atoms with Gasteiger partial charge in [-0.05, 0) is 30.7 Å². The number of carbonyl (C=O) groups excluding carboxylic acids is 1. The Kier molecular flexibility index (Phi) is 6.70. The predicted octanol–water partition coefficient (Wildman–Crippen LogP) is 2.95. The Morgan fingerprint density at radius 3 is 2.41 bits per heavy atom. The average molecular weight is 437 g/mol. The van der Waals surface area contributed by atoms with Crippen molar-refractivity contribution in [3.63, 3.8) is 0 Å². The number of aromatic nitrogens is 2. The van der Waals surface area contributed by atoms with Gasteiger partial charge in [-0.25, -0.2) is 0 Å². The molecule has 0 bridgehead atoms. The third kappa shape index (κ3) is 5.08. The maximum Gasteiger partial charge on any atom is 0.241 e. The summed E-state index contributed by atoms with van der Waals surface area (Å²) in [5.41, 5.74) is 3.05. The van der Waals surface area contributed by atoms with Crippen molar-refractivity contribution < 1.29 is 18.8 Å². The lowest BCUT2D eigenvalue weighted by Crippen LogP contribution is -2.48. The van der Waals surface area contributed by atoms with Crippen molar-refractivity contribution in [3.8, 4) is 22.9 Å². The number of ether oxygens (including phenoxy) is 2. The standard InChI is InChI=1S/C24H28N4O4/c1-17-4-6-18(7-5-17)14-23(29)28-12-10-27(11-13-28)16-22-25-24(26-32-22)19-8-9-20(30-2)21(15-19)31-3/h4-9,15H,10-14,16H2,1-3H3. The second kappa shape index (κ2) is 9.82. The molecule has 0 atom stereocenters. The van der Waals surface area contributed by atoms with Crippen LogP contribution in [0, 0.1) is 6.92 Å². The Labute approximate surface area is 187 Å². The minimum Gasteiger partial charge on any atom is -0.493 e. The summed E-state index contributed by atoms with van der Waals surface area (Å²) in [6.45, 7) is 5.54. The smallest absolute Gasteiger partial charge is 0.241 e. The van der Waals surface area contributed by atoms with Gasteiger partial charge in [-0.1, -0.05) is 35.0 Å². The highest BCUT2D eigenvalue weighted by Gasteiger charge is 2.23. The van der Waals surface area contributed by atoms with E-state index in [1.165, 1.54) is 5.56 Å². The lowest BCUT2D eigenvalue weighted by atomic mass is 10.1. The molecule has 1 aromatic heterocycles. The van der Waals surface area contributed by atoms with E-state index in [0.717, 1.165) is 24.2 Å². The Balaban J connectivity index is 1.31. The highest BCUT2D eigenvalue weighted by molar-refractivity contribution is 5.78. The quantitative estimate of drug-likeness (QED) is 0.563. The molecule has 2 aromatic carbocycles. The highest BCUT2D eigenvalue weighted by atomic mass is 16.5. The lowest BCUT2D eigenvalue weighted by Gasteiger charge is -2.34. The number of benzene rings is 2. The fourth-order valence-corrected chi connectivity index (χ4v) is 3.75. The molecule has 0 spiro atoms. The second-order valence-corrected chi connectivity index (χ2v) is 7.90. The summed E-state index contributed by atoms with van der Waals surface area (Å²) >= 11 is 0. The number of rotatable bonds is 7. The predicted molar refractivity (Wildman–Crippen MR) is 120 cm³/mol. The second-order valence-electron chi connectivity index (χ2n) is 7.90. The van der Waals surface area contributed by atoms with E-state index in [4.69, 9.17) is 14.0 Å². The van der Waals surface area contributed by atoms with Gasteiger partial charge in [0.25, 0.3) is 0 Å². The van der Waals surface area contributed by atoms with E-state index < -0.39 is 0 Å². The summed E-state index contributed by atoms with van der Waals surface area (Å²) in [4.78, 5) is 21.3. The summed E-state index contributed by atoms with van der Waals surface area (Å²) in [6.07, 6.45) is 0.443. The number of amides is 1. The van der Waals surface area contributed by atoms with Crippen LogP contribution in [0.4, 0.5) is 0 Å². The van der Waals surface area contributed by atoms with Crippen LogP contribution in [0.3, 0.4) is 0 Å². The van der Waals surface area contributed by atoms with Crippen molar-refractivity contribution in [1.29, 1.82) is 0 Å². The van der Waals surface area contributed by atoms with E-state index in [9.17, 15) is 4.79 Å². The summed E-state index contributed by atoms with van der Waals surface area (Å²) in [5.74, 6) is 2.49. The largest absolute Gasteiger partial charge is 0.493 e. The maximum atomic E-state index is 12.6. The van der Waals surface area contributed by atoms with Crippen LogP contribution < -0.4 is 9.47 Å². The molecule has 32 heavy (non-hydrogen) atoms. The van der Waals surface area contributed by atoms with Crippen LogP contribution >= 0.6 is 0 Å². The molecule has 4 rings (SSSR count). The molecule has 0 saturated carbocycles. The number of nitrogens with zero attached hydrogens (tertiary/aromatic N) is 4. The van der Waals surface area contributed by atoms with Gasteiger partial charge in [-0.2, -0.15) is 4.98 Å². The summed E-state index contributed by atoms with van der Waals surface area (Å²) in [5, 5.41) is 4.11. The Hall–Kier alpha value is -3.39. The van der Waals surface area contributed by atoms with Crippen molar-refractivity contribution in [2.45, 2.75) is 19.9 Å². The first kappa shape index (κ1) is 21.8. The first-order valence-electron chi connectivity index (χ1n) is 10.7. The summed E-state index contributed by atoms with van der Waals surface area (Å²) in [7, 11) is 3.19.